The molecule has 0 aliphatic carbocycles. The standard InChI is InChI=1S/C22H21BrN4O/c23-19-6-8-20(9-7-19)26-21(28)17-10-12-27(13-11-17)22-24-14-18(15-25-22)16-4-2-1-3-5-16/h1-9,14-15,17H,10-13H2,(H,26,28). The molecule has 0 spiro atoms. The molecule has 6 heteroatoms. The molecule has 0 unspecified atom stereocenters. The van der Waals surface area contributed by atoms with Crippen molar-refractivity contribution in [3.05, 3.63) is 71.5 Å². The van der Waals surface area contributed by atoms with Crippen molar-refractivity contribution in [1.29, 1.82) is 0 Å². The molecule has 3 aromatic rings. The van der Waals surface area contributed by atoms with Crippen molar-refractivity contribution in [2.75, 3.05) is 23.3 Å². The van der Waals surface area contributed by atoms with Gasteiger partial charge in [-0.2, -0.15) is 0 Å². The van der Waals surface area contributed by atoms with Gasteiger partial charge in [0.25, 0.3) is 0 Å². The zero-order valence-electron chi connectivity index (χ0n) is 15.4. The van der Waals surface area contributed by atoms with E-state index < -0.39 is 0 Å². The SMILES string of the molecule is O=C(Nc1ccc(Br)cc1)C1CCN(c2ncc(-c3ccccc3)cn2)CC1. The van der Waals surface area contributed by atoms with Gasteiger partial charge >= 0.3 is 0 Å². The summed E-state index contributed by atoms with van der Waals surface area (Å²) in [5.41, 5.74) is 2.95. The van der Waals surface area contributed by atoms with Crippen LogP contribution >= 0.6 is 15.9 Å². The molecule has 1 fully saturated rings. The predicted octanol–water partition coefficient (Wildman–Crippen LogP) is 4.76. The lowest BCUT2D eigenvalue weighted by Crippen LogP contribution is -2.39. The lowest BCUT2D eigenvalue weighted by Gasteiger charge is -2.31. The van der Waals surface area contributed by atoms with Crippen molar-refractivity contribution < 1.29 is 4.79 Å². The fourth-order valence-corrected chi connectivity index (χ4v) is 3.65. The predicted molar refractivity (Wildman–Crippen MR) is 115 cm³/mol. The lowest BCUT2D eigenvalue weighted by atomic mass is 9.96. The number of anilines is 2. The third-order valence-electron chi connectivity index (χ3n) is 5.01. The van der Waals surface area contributed by atoms with Gasteiger partial charge in [0, 0.05) is 47.1 Å². The fourth-order valence-electron chi connectivity index (χ4n) is 3.38. The number of benzene rings is 2. The van der Waals surface area contributed by atoms with Crippen LogP contribution in [0, 0.1) is 5.92 Å². The molecule has 142 valence electrons. The molecular weight excluding hydrogens is 416 g/mol. The van der Waals surface area contributed by atoms with Crippen molar-refractivity contribution in [1.82, 2.24) is 9.97 Å². The molecule has 1 amide bonds. The summed E-state index contributed by atoms with van der Waals surface area (Å²) in [5.74, 6) is 0.831. The molecule has 1 saturated heterocycles. The molecule has 2 aromatic carbocycles. The highest BCUT2D eigenvalue weighted by Crippen LogP contribution is 2.24. The zero-order valence-corrected chi connectivity index (χ0v) is 17.0. The maximum absolute atomic E-state index is 12.5. The van der Waals surface area contributed by atoms with Crippen molar-refractivity contribution in [2.24, 2.45) is 5.92 Å². The Balaban J connectivity index is 1.33. The first-order chi connectivity index (χ1) is 13.7. The van der Waals surface area contributed by atoms with Gasteiger partial charge in [-0.1, -0.05) is 46.3 Å². The summed E-state index contributed by atoms with van der Waals surface area (Å²) in [7, 11) is 0. The van der Waals surface area contributed by atoms with Crippen molar-refractivity contribution in [2.45, 2.75) is 12.8 Å². The van der Waals surface area contributed by atoms with Crippen LogP contribution in [0.5, 0.6) is 0 Å². The molecule has 0 bridgehead atoms. The van der Waals surface area contributed by atoms with E-state index in [1.165, 1.54) is 0 Å². The van der Waals surface area contributed by atoms with E-state index in [2.05, 4.69) is 36.1 Å². The number of nitrogens with one attached hydrogen (secondary N) is 1. The van der Waals surface area contributed by atoms with Gasteiger partial charge in [-0.15, -0.1) is 0 Å². The van der Waals surface area contributed by atoms with Crippen LogP contribution in [0.4, 0.5) is 11.6 Å². The quantitative estimate of drug-likeness (QED) is 0.640. The summed E-state index contributed by atoms with van der Waals surface area (Å²) >= 11 is 3.40. The second-order valence-electron chi connectivity index (χ2n) is 6.90. The zero-order chi connectivity index (χ0) is 19.3. The number of aromatic nitrogens is 2. The minimum atomic E-state index is 0.0171. The minimum absolute atomic E-state index is 0.0171. The molecule has 28 heavy (non-hydrogen) atoms. The van der Waals surface area contributed by atoms with E-state index >= 15 is 0 Å². The van der Waals surface area contributed by atoms with Gasteiger partial charge in [0.15, 0.2) is 0 Å². The number of hydrogen-bond donors (Lipinski definition) is 1. The van der Waals surface area contributed by atoms with E-state index in [0.29, 0.717) is 0 Å². The van der Waals surface area contributed by atoms with Crippen molar-refractivity contribution in [3.8, 4) is 11.1 Å². The molecule has 2 heterocycles. The van der Waals surface area contributed by atoms with Gasteiger partial charge in [0.05, 0.1) is 0 Å². The van der Waals surface area contributed by atoms with Gasteiger partial charge in [-0.25, -0.2) is 9.97 Å². The Bertz CT molecular complexity index is 921. The number of piperidine rings is 1. The molecule has 0 saturated carbocycles. The van der Waals surface area contributed by atoms with E-state index in [-0.39, 0.29) is 11.8 Å². The number of carbonyl (C=O) groups excluding carboxylic acids is 1. The summed E-state index contributed by atoms with van der Waals surface area (Å²) in [6.07, 6.45) is 5.33. The Morgan fingerprint density at radius 2 is 1.57 bits per heavy atom. The normalized spacial score (nSPS) is 14.7. The first-order valence-corrected chi connectivity index (χ1v) is 10.2. The number of nitrogens with zero attached hydrogens (tertiary/aromatic N) is 3. The summed E-state index contributed by atoms with van der Waals surface area (Å²) < 4.78 is 0.997. The third kappa shape index (κ3) is 4.39. The second kappa shape index (κ2) is 8.52. The number of hydrogen-bond acceptors (Lipinski definition) is 4. The molecule has 1 aromatic heterocycles. The van der Waals surface area contributed by atoms with E-state index in [1.807, 2.05) is 67.0 Å². The average Bonchev–Trinajstić information content (AvgIpc) is 2.76. The number of halogens is 1. The first kappa shape index (κ1) is 18.6. The first-order valence-electron chi connectivity index (χ1n) is 9.38. The van der Waals surface area contributed by atoms with Crippen LogP contribution in [0.2, 0.25) is 0 Å². The Labute approximate surface area is 173 Å². The molecular formula is C22H21BrN4O. The second-order valence-corrected chi connectivity index (χ2v) is 7.81. The van der Waals surface area contributed by atoms with E-state index in [9.17, 15) is 4.79 Å². The van der Waals surface area contributed by atoms with Crippen LogP contribution < -0.4 is 10.2 Å². The van der Waals surface area contributed by atoms with E-state index in [1.54, 1.807) is 0 Å². The van der Waals surface area contributed by atoms with Crippen LogP contribution in [-0.4, -0.2) is 29.0 Å². The molecule has 1 aliphatic heterocycles. The van der Waals surface area contributed by atoms with Crippen LogP contribution in [0.15, 0.2) is 71.5 Å². The number of carbonyl (C=O) groups is 1. The summed E-state index contributed by atoms with van der Waals surface area (Å²) in [5, 5.41) is 3.01. The monoisotopic (exact) mass is 436 g/mol. The molecule has 1 N–H and O–H groups in total. The molecule has 5 nitrogen and oxygen atoms in total. The van der Waals surface area contributed by atoms with Gasteiger partial charge in [0.1, 0.15) is 0 Å². The summed E-state index contributed by atoms with van der Waals surface area (Å²) in [4.78, 5) is 23.7. The van der Waals surface area contributed by atoms with Gasteiger partial charge in [-0.3, -0.25) is 4.79 Å². The number of rotatable bonds is 4. The van der Waals surface area contributed by atoms with E-state index in [4.69, 9.17) is 0 Å². The fraction of sp³-hybridized carbons (Fsp3) is 0.227. The smallest absolute Gasteiger partial charge is 0.227 e. The highest BCUT2D eigenvalue weighted by molar-refractivity contribution is 9.10. The molecule has 0 radical (unpaired) electrons. The highest BCUT2D eigenvalue weighted by atomic mass is 79.9. The highest BCUT2D eigenvalue weighted by Gasteiger charge is 2.26. The maximum Gasteiger partial charge on any atom is 0.227 e. The van der Waals surface area contributed by atoms with Crippen LogP contribution in [0.25, 0.3) is 11.1 Å². The Morgan fingerprint density at radius 3 is 2.21 bits per heavy atom. The van der Waals surface area contributed by atoms with Gasteiger partial charge in [0.2, 0.25) is 11.9 Å². The number of amides is 1. The van der Waals surface area contributed by atoms with Gasteiger partial charge < -0.3 is 10.2 Å². The van der Waals surface area contributed by atoms with Gasteiger partial charge in [-0.05, 0) is 42.7 Å². The summed E-state index contributed by atoms with van der Waals surface area (Å²) in [6, 6.07) is 17.8. The van der Waals surface area contributed by atoms with Crippen molar-refractivity contribution >= 4 is 33.5 Å². The van der Waals surface area contributed by atoms with Crippen molar-refractivity contribution in [3.63, 3.8) is 0 Å². The molecule has 0 atom stereocenters. The van der Waals surface area contributed by atoms with Crippen LogP contribution in [-0.2, 0) is 4.79 Å². The average molecular weight is 437 g/mol. The summed E-state index contributed by atoms with van der Waals surface area (Å²) in [6.45, 7) is 1.56. The Morgan fingerprint density at radius 1 is 0.929 bits per heavy atom. The minimum Gasteiger partial charge on any atom is -0.341 e. The largest absolute Gasteiger partial charge is 0.341 e. The lowest BCUT2D eigenvalue weighted by molar-refractivity contribution is -0.120. The topological polar surface area (TPSA) is 58.1 Å². The maximum atomic E-state index is 12.5. The Hall–Kier alpha value is -2.73. The Kier molecular flexibility index (Phi) is 5.67. The van der Waals surface area contributed by atoms with Crippen LogP contribution in [0.1, 0.15) is 12.8 Å². The molecule has 1 aliphatic rings. The third-order valence-corrected chi connectivity index (χ3v) is 5.53. The van der Waals surface area contributed by atoms with Crippen LogP contribution in [0.3, 0.4) is 0 Å². The van der Waals surface area contributed by atoms with E-state index in [0.717, 1.165) is 53.2 Å². The molecule has 4 rings (SSSR count).